The quantitative estimate of drug-likeness (QED) is 0.628. The SMILES string of the molecule is COC(=O)CCCNC(=O)c1cc(F)ccc1OC. The molecule has 0 bridgehead atoms. The molecule has 0 radical (unpaired) electrons. The van der Waals surface area contributed by atoms with Crippen molar-refractivity contribution in [2.24, 2.45) is 0 Å². The van der Waals surface area contributed by atoms with Crippen LogP contribution in [0.25, 0.3) is 0 Å². The smallest absolute Gasteiger partial charge is 0.305 e. The number of esters is 1. The minimum Gasteiger partial charge on any atom is -0.496 e. The predicted molar refractivity (Wildman–Crippen MR) is 66.5 cm³/mol. The van der Waals surface area contributed by atoms with Crippen LogP contribution in [0.15, 0.2) is 18.2 Å². The molecular formula is C13H16FNO4. The fourth-order valence-corrected chi connectivity index (χ4v) is 1.49. The van der Waals surface area contributed by atoms with E-state index in [0.717, 1.165) is 6.07 Å². The van der Waals surface area contributed by atoms with Crippen LogP contribution < -0.4 is 10.1 Å². The van der Waals surface area contributed by atoms with Crippen molar-refractivity contribution in [2.45, 2.75) is 12.8 Å². The summed E-state index contributed by atoms with van der Waals surface area (Å²) in [4.78, 5) is 22.7. The fraction of sp³-hybridized carbons (Fsp3) is 0.385. The average molecular weight is 269 g/mol. The zero-order valence-electron chi connectivity index (χ0n) is 10.9. The third-order valence-corrected chi connectivity index (χ3v) is 2.48. The van der Waals surface area contributed by atoms with Crippen LogP contribution in [-0.2, 0) is 9.53 Å². The van der Waals surface area contributed by atoms with Crippen LogP contribution in [0.3, 0.4) is 0 Å². The van der Waals surface area contributed by atoms with Gasteiger partial charge in [0.15, 0.2) is 0 Å². The molecule has 1 N–H and O–H groups in total. The van der Waals surface area contributed by atoms with Gasteiger partial charge >= 0.3 is 5.97 Å². The van der Waals surface area contributed by atoms with E-state index in [-0.39, 0.29) is 18.0 Å². The number of halogens is 1. The number of carbonyl (C=O) groups is 2. The molecule has 0 atom stereocenters. The molecular weight excluding hydrogens is 253 g/mol. The number of amides is 1. The van der Waals surface area contributed by atoms with Crippen molar-refractivity contribution in [3.8, 4) is 5.75 Å². The number of methoxy groups -OCH3 is 2. The molecule has 0 saturated carbocycles. The highest BCUT2D eigenvalue weighted by molar-refractivity contribution is 5.96. The van der Waals surface area contributed by atoms with Crippen molar-refractivity contribution in [3.05, 3.63) is 29.6 Å². The van der Waals surface area contributed by atoms with Crippen molar-refractivity contribution < 1.29 is 23.5 Å². The van der Waals surface area contributed by atoms with Crippen LogP contribution in [0, 0.1) is 5.82 Å². The maximum Gasteiger partial charge on any atom is 0.305 e. The van der Waals surface area contributed by atoms with E-state index < -0.39 is 11.7 Å². The molecule has 0 heterocycles. The molecule has 1 rings (SSSR count). The molecule has 104 valence electrons. The second kappa shape index (κ2) is 7.35. The van der Waals surface area contributed by atoms with E-state index in [4.69, 9.17) is 4.74 Å². The van der Waals surface area contributed by atoms with Gasteiger partial charge in [0.2, 0.25) is 0 Å². The number of carbonyl (C=O) groups excluding carboxylic acids is 2. The van der Waals surface area contributed by atoms with Gasteiger partial charge in [0.05, 0.1) is 19.8 Å². The fourth-order valence-electron chi connectivity index (χ4n) is 1.49. The van der Waals surface area contributed by atoms with E-state index in [1.807, 2.05) is 0 Å². The molecule has 0 aliphatic carbocycles. The third kappa shape index (κ3) is 4.57. The Bertz CT molecular complexity index is 462. The highest BCUT2D eigenvalue weighted by Gasteiger charge is 2.13. The van der Waals surface area contributed by atoms with Crippen LogP contribution >= 0.6 is 0 Å². The Labute approximate surface area is 110 Å². The van der Waals surface area contributed by atoms with Crippen molar-refractivity contribution in [3.63, 3.8) is 0 Å². The topological polar surface area (TPSA) is 64.6 Å². The molecule has 0 aromatic heterocycles. The summed E-state index contributed by atoms with van der Waals surface area (Å²) in [5.74, 6) is -0.994. The van der Waals surface area contributed by atoms with Crippen LogP contribution in [0.5, 0.6) is 5.75 Å². The number of rotatable bonds is 6. The molecule has 19 heavy (non-hydrogen) atoms. The van der Waals surface area contributed by atoms with Crippen LogP contribution in [0.2, 0.25) is 0 Å². The van der Waals surface area contributed by atoms with Crippen molar-refractivity contribution in [2.75, 3.05) is 20.8 Å². The van der Waals surface area contributed by atoms with Gasteiger partial charge in [-0.2, -0.15) is 0 Å². The maximum atomic E-state index is 13.1. The second-order valence-electron chi connectivity index (χ2n) is 3.78. The summed E-state index contributed by atoms with van der Waals surface area (Å²) in [6.07, 6.45) is 0.674. The summed E-state index contributed by atoms with van der Waals surface area (Å²) < 4.78 is 22.5. The molecule has 1 aromatic rings. The molecule has 1 aromatic carbocycles. The first-order valence-corrected chi connectivity index (χ1v) is 5.77. The summed E-state index contributed by atoms with van der Waals surface area (Å²) in [5, 5.41) is 2.59. The Morgan fingerprint density at radius 2 is 2.05 bits per heavy atom. The van der Waals surface area contributed by atoms with Gasteiger partial charge in [0, 0.05) is 13.0 Å². The molecule has 1 amide bonds. The van der Waals surface area contributed by atoms with Crippen LogP contribution in [0.4, 0.5) is 4.39 Å². The number of hydrogen-bond donors (Lipinski definition) is 1. The van der Waals surface area contributed by atoms with Crippen molar-refractivity contribution in [1.82, 2.24) is 5.32 Å². The first-order valence-electron chi connectivity index (χ1n) is 5.77. The highest BCUT2D eigenvalue weighted by Crippen LogP contribution is 2.18. The van der Waals surface area contributed by atoms with Crippen molar-refractivity contribution >= 4 is 11.9 Å². The Kier molecular flexibility index (Phi) is 5.78. The van der Waals surface area contributed by atoms with Gasteiger partial charge in [-0.15, -0.1) is 0 Å². The minimum absolute atomic E-state index is 0.126. The highest BCUT2D eigenvalue weighted by atomic mass is 19.1. The third-order valence-electron chi connectivity index (χ3n) is 2.48. The normalized spacial score (nSPS) is 9.84. The zero-order valence-corrected chi connectivity index (χ0v) is 10.9. The Hall–Kier alpha value is -2.11. The molecule has 0 fully saturated rings. The lowest BCUT2D eigenvalue weighted by Gasteiger charge is -2.09. The van der Waals surface area contributed by atoms with E-state index in [2.05, 4.69) is 10.1 Å². The Morgan fingerprint density at radius 1 is 1.32 bits per heavy atom. The number of nitrogens with one attached hydrogen (secondary N) is 1. The summed E-state index contributed by atoms with van der Waals surface area (Å²) in [7, 11) is 2.71. The summed E-state index contributed by atoms with van der Waals surface area (Å²) in [5.41, 5.74) is 0.126. The molecule has 0 aliphatic heterocycles. The summed E-state index contributed by atoms with van der Waals surface area (Å²) in [6.45, 7) is 0.299. The number of hydrogen-bond acceptors (Lipinski definition) is 4. The molecule has 0 saturated heterocycles. The lowest BCUT2D eigenvalue weighted by atomic mass is 10.1. The van der Waals surface area contributed by atoms with Crippen LogP contribution in [-0.4, -0.2) is 32.6 Å². The van der Waals surface area contributed by atoms with Gasteiger partial charge < -0.3 is 14.8 Å². The van der Waals surface area contributed by atoms with Crippen molar-refractivity contribution in [1.29, 1.82) is 0 Å². The van der Waals surface area contributed by atoms with E-state index >= 15 is 0 Å². The van der Waals surface area contributed by atoms with E-state index in [9.17, 15) is 14.0 Å². The van der Waals surface area contributed by atoms with Gasteiger partial charge in [0.25, 0.3) is 5.91 Å². The Morgan fingerprint density at radius 3 is 2.68 bits per heavy atom. The zero-order chi connectivity index (χ0) is 14.3. The number of benzene rings is 1. The Balaban J connectivity index is 2.54. The predicted octanol–water partition coefficient (Wildman–Crippen LogP) is 1.52. The first-order chi connectivity index (χ1) is 9.08. The summed E-state index contributed by atoms with van der Waals surface area (Å²) in [6, 6.07) is 3.71. The molecule has 0 aliphatic rings. The summed E-state index contributed by atoms with van der Waals surface area (Å²) >= 11 is 0. The van der Waals surface area contributed by atoms with E-state index in [1.165, 1.54) is 26.4 Å². The lowest BCUT2D eigenvalue weighted by molar-refractivity contribution is -0.140. The maximum absolute atomic E-state index is 13.1. The molecule has 0 spiro atoms. The van der Waals surface area contributed by atoms with Gasteiger partial charge in [-0.3, -0.25) is 9.59 Å². The second-order valence-corrected chi connectivity index (χ2v) is 3.78. The van der Waals surface area contributed by atoms with Gasteiger partial charge in [-0.25, -0.2) is 4.39 Å². The van der Waals surface area contributed by atoms with Crippen LogP contribution in [0.1, 0.15) is 23.2 Å². The monoisotopic (exact) mass is 269 g/mol. The largest absolute Gasteiger partial charge is 0.496 e. The standard InChI is InChI=1S/C13H16FNO4/c1-18-11-6-5-9(14)8-10(11)13(17)15-7-3-4-12(16)19-2/h5-6,8H,3-4,7H2,1-2H3,(H,15,17). The molecule has 5 nitrogen and oxygen atoms in total. The first kappa shape index (κ1) is 14.9. The van der Waals surface area contributed by atoms with Gasteiger partial charge in [-0.1, -0.05) is 0 Å². The van der Waals surface area contributed by atoms with E-state index in [0.29, 0.717) is 18.7 Å². The minimum atomic E-state index is -0.513. The lowest BCUT2D eigenvalue weighted by Crippen LogP contribution is -2.25. The number of ether oxygens (including phenoxy) is 2. The molecule has 0 unspecified atom stereocenters. The average Bonchev–Trinajstić information content (AvgIpc) is 2.42. The van der Waals surface area contributed by atoms with E-state index in [1.54, 1.807) is 0 Å². The van der Waals surface area contributed by atoms with Gasteiger partial charge in [-0.05, 0) is 24.6 Å². The van der Waals surface area contributed by atoms with Gasteiger partial charge in [0.1, 0.15) is 11.6 Å². The molecule has 6 heteroatoms.